The molecule has 0 aromatic heterocycles. The van der Waals surface area contributed by atoms with Crippen molar-refractivity contribution in [1.29, 1.82) is 0 Å². The molecule has 27 heavy (non-hydrogen) atoms. The van der Waals surface area contributed by atoms with Crippen molar-refractivity contribution in [2.75, 3.05) is 13.2 Å². The Labute approximate surface area is 155 Å². The predicted molar refractivity (Wildman–Crippen MR) is 94.8 cm³/mol. The molecule has 0 radical (unpaired) electrons. The van der Waals surface area contributed by atoms with Crippen LogP contribution in [0.4, 0.5) is 4.39 Å². The first-order chi connectivity index (χ1) is 12.8. The number of hydrogen-bond donors (Lipinski definition) is 3. The van der Waals surface area contributed by atoms with Crippen LogP contribution in [0.15, 0.2) is 53.4 Å². The highest BCUT2D eigenvalue weighted by Crippen LogP contribution is 2.15. The van der Waals surface area contributed by atoms with Crippen LogP contribution in [0.25, 0.3) is 0 Å². The third-order valence-electron chi connectivity index (χ3n) is 3.30. The van der Waals surface area contributed by atoms with Gasteiger partial charge in [0, 0.05) is 0 Å². The number of carbonyl (C=O) groups is 2. The summed E-state index contributed by atoms with van der Waals surface area (Å²) in [5, 5.41) is 0. The van der Waals surface area contributed by atoms with Gasteiger partial charge in [0.1, 0.15) is 11.6 Å². The van der Waals surface area contributed by atoms with Crippen molar-refractivity contribution in [1.82, 2.24) is 15.6 Å². The minimum absolute atomic E-state index is 0.0471. The summed E-state index contributed by atoms with van der Waals surface area (Å²) in [7, 11) is -3.92. The molecule has 0 saturated heterocycles. The quantitative estimate of drug-likeness (QED) is 0.605. The number of amides is 2. The van der Waals surface area contributed by atoms with Crippen LogP contribution in [0.3, 0.4) is 0 Å². The second-order valence-corrected chi connectivity index (χ2v) is 6.98. The van der Waals surface area contributed by atoms with E-state index in [9.17, 15) is 22.4 Å². The first-order valence-corrected chi connectivity index (χ1v) is 9.38. The summed E-state index contributed by atoms with van der Waals surface area (Å²) in [6, 6.07) is 10.9. The fourth-order valence-electron chi connectivity index (χ4n) is 2.01. The molecule has 8 nitrogen and oxygen atoms in total. The van der Waals surface area contributed by atoms with E-state index in [1.807, 2.05) is 10.9 Å². The van der Waals surface area contributed by atoms with E-state index in [4.69, 9.17) is 4.74 Å². The highest BCUT2D eigenvalue weighted by Gasteiger charge is 2.16. The topological polar surface area (TPSA) is 114 Å². The van der Waals surface area contributed by atoms with E-state index >= 15 is 0 Å². The van der Waals surface area contributed by atoms with E-state index in [1.54, 1.807) is 6.92 Å². The average Bonchev–Trinajstić information content (AvgIpc) is 2.65. The predicted octanol–water partition coefficient (Wildman–Crippen LogP) is 0.964. The summed E-state index contributed by atoms with van der Waals surface area (Å²) in [5.74, 6) is -1.92. The molecule has 0 saturated carbocycles. The van der Waals surface area contributed by atoms with Crippen molar-refractivity contribution in [2.45, 2.75) is 11.8 Å². The molecule has 2 rings (SSSR count). The van der Waals surface area contributed by atoms with E-state index < -0.39 is 34.2 Å². The highest BCUT2D eigenvalue weighted by molar-refractivity contribution is 7.89. The highest BCUT2D eigenvalue weighted by atomic mass is 32.2. The van der Waals surface area contributed by atoms with Gasteiger partial charge in [0.25, 0.3) is 11.8 Å². The van der Waals surface area contributed by atoms with Crippen LogP contribution >= 0.6 is 0 Å². The number of rotatable bonds is 7. The van der Waals surface area contributed by atoms with Gasteiger partial charge >= 0.3 is 0 Å². The summed E-state index contributed by atoms with van der Waals surface area (Å²) >= 11 is 0. The molecule has 144 valence electrons. The lowest BCUT2D eigenvalue weighted by Crippen LogP contribution is -2.46. The van der Waals surface area contributed by atoms with E-state index in [2.05, 4.69) is 4.72 Å². The lowest BCUT2D eigenvalue weighted by Gasteiger charge is -2.10. The van der Waals surface area contributed by atoms with Gasteiger partial charge in [-0.05, 0) is 43.3 Å². The second kappa shape index (κ2) is 9.10. The number of halogens is 1. The number of nitrogens with one attached hydrogen (secondary N) is 3. The Balaban J connectivity index is 1.87. The van der Waals surface area contributed by atoms with Crippen LogP contribution in [-0.2, 0) is 14.8 Å². The molecule has 2 aromatic carbocycles. The second-order valence-electron chi connectivity index (χ2n) is 5.21. The van der Waals surface area contributed by atoms with E-state index in [1.165, 1.54) is 42.5 Å². The third kappa shape index (κ3) is 5.76. The van der Waals surface area contributed by atoms with Gasteiger partial charge in [0.15, 0.2) is 0 Å². The average molecular weight is 395 g/mol. The Kier molecular flexibility index (Phi) is 6.85. The summed E-state index contributed by atoms with van der Waals surface area (Å²) in [6.45, 7) is 1.63. The fourth-order valence-corrected chi connectivity index (χ4v) is 2.99. The molecule has 2 aromatic rings. The molecule has 0 atom stereocenters. The summed E-state index contributed by atoms with van der Waals surface area (Å²) in [4.78, 5) is 23.4. The molecule has 2 amide bonds. The van der Waals surface area contributed by atoms with Gasteiger partial charge in [0.2, 0.25) is 10.0 Å². The van der Waals surface area contributed by atoms with Gasteiger partial charge in [-0.1, -0.05) is 12.1 Å². The Hall–Kier alpha value is -2.98. The summed E-state index contributed by atoms with van der Waals surface area (Å²) < 4.78 is 45.1. The third-order valence-corrected chi connectivity index (χ3v) is 4.72. The molecular weight excluding hydrogens is 377 g/mol. The summed E-state index contributed by atoms with van der Waals surface area (Å²) in [5.41, 5.74) is 3.76. The number of ether oxygens (including phenoxy) is 1. The lowest BCUT2D eigenvalue weighted by atomic mass is 10.2. The SMILES string of the molecule is CCOc1ccc(S(=O)(=O)NCC(=O)NNC(=O)c2ccccc2F)cc1. The van der Waals surface area contributed by atoms with Crippen molar-refractivity contribution in [2.24, 2.45) is 0 Å². The number of benzene rings is 2. The van der Waals surface area contributed by atoms with Gasteiger partial charge in [-0.2, -0.15) is 0 Å². The largest absolute Gasteiger partial charge is 0.494 e. The van der Waals surface area contributed by atoms with Crippen molar-refractivity contribution in [3.05, 3.63) is 59.9 Å². The number of hydrogen-bond acceptors (Lipinski definition) is 5. The van der Waals surface area contributed by atoms with Crippen LogP contribution in [0, 0.1) is 5.82 Å². The van der Waals surface area contributed by atoms with Gasteiger partial charge in [-0.3, -0.25) is 20.4 Å². The maximum Gasteiger partial charge on any atom is 0.272 e. The van der Waals surface area contributed by atoms with Gasteiger partial charge < -0.3 is 4.74 Å². The van der Waals surface area contributed by atoms with E-state index in [-0.39, 0.29) is 10.5 Å². The Morgan fingerprint density at radius 1 is 1.04 bits per heavy atom. The summed E-state index contributed by atoms with van der Waals surface area (Å²) in [6.07, 6.45) is 0. The van der Waals surface area contributed by atoms with Crippen LogP contribution in [0.5, 0.6) is 5.75 Å². The van der Waals surface area contributed by atoms with Crippen LogP contribution in [-0.4, -0.2) is 33.4 Å². The van der Waals surface area contributed by atoms with E-state index in [0.717, 1.165) is 6.07 Å². The van der Waals surface area contributed by atoms with Crippen LogP contribution in [0.1, 0.15) is 17.3 Å². The van der Waals surface area contributed by atoms with Crippen molar-refractivity contribution >= 4 is 21.8 Å². The van der Waals surface area contributed by atoms with Crippen LogP contribution < -0.4 is 20.3 Å². The number of carbonyl (C=O) groups excluding carboxylic acids is 2. The zero-order valence-electron chi connectivity index (χ0n) is 14.4. The van der Waals surface area contributed by atoms with Gasteiger partial charge in [0.05, 0.1) is 23.6 Å². The standard InChI is InChI=1S/C17H18FN3O5S/c1-2-26-12-7-9-13(10-8-12)27(24,25)19-11-16(22)20-21-17(23)14-5-3-4-6-15(14)18/h3-10,19H,2,11H2,1H3,(H,20,22)(H,21,23). The molecule has 0 unspecified atom stereocenters. The molecule has 0 aliphatic rings. The Bertz CT molecular complexity index is 916. The Morgan fingerprint density at radius 2 is 1.70 bits per heavy atom. The minimum atomic E-state index is -3.92. The molecule has 0 aliphatic carbocycles. The molecule has 0 heterocycles. The smallest absolute Gasteiger partial charge is 0.272 e. The molecule has 0 fully saturated rings. The molecule has 0 aliphatic heterocycles. The monoisotopic (exact) mass is 395 g/mol. The zero-order valence-corrected chi connectivity index (χ0v) is 15.2. The zero-order chi connectivity index (χ0) is 19.9. The van der Waals surface area contributed by atoms with E-state index in [0.29, 0.717) is 12.4 Å². The molecular formula is C17H18FN3O5S. The van der Waals surface area contributed by atoms with Gasteiger partial charge in [-0.25, -0.2) is 17.5 Å². The van der Waals surface area contributed by atoms with Crippen molar-refractivity contribution < 1.29 is 27.1 Å². The van der Waals surface area contributed by atoms with Crippen molar-refractivity contribution in [3.8, 4) is 5.75 Å². The Morgan fingerprint density at radius 3 is 2.33 bits per heavy atom. The van der Waals surface area contributed by atoms with Crippen molar-refractivity contribution in [3.63, 3.8) is 0 Å². The molecule has 0 bridgehead atoms. The first kappa shape index (κ1) is 20.3. The van der Waals surface area contributed by atoms with Crippen LogP contribution in [0.2, 0.25) is 0 Å². The molecule has 0 spiro atoms. The fraction of sp³-hybridized carbons (Fsp3) is 0.176. The first-order valence-electron chi connectivity index (χ1n) is 7.89. The minimum Gasteiger partial charge on any atom is -0.494 e. The normalized spacial score (nSPS) is 10.9. The molecule has 10 heteroatoms. The maximum atomic E-state index is 13.5. The lowest BCUT2D eigenvalue weighted by molar-refractivity contribution is -0.120. The number of sulfonamides is 1. The maximum absolute atomic E-state index is 13.5. The van der Waals surface area contributed by atoms with Gasteiger partial charge in [-0.15, -0.1) is 0 Å². The molecule has 3 N–H and O–H groups in total. The number of hydrazine groups is 1.